The van der Waals surface area contributed by atoms with Gasteiger partial charge in [0.2, 0.25) is 0 Å². The standard InChI is InChI=1S/C18H14N2O3S/c1-23-18(22)14-9-13(11-5-3-2-4-6-11)17(21)20-15(14)16-12(10-19-20)7-8-24-16/h2-9,19H,10H2,1H3. The Hall–Kier alpha value is -2.86. The van der Waals surface area contributed by atoms with Crippen LogP contribution in [0.25, 0.3) is 21.7 Å². The summed E-state index contributed by atoms with van der Waals surface area (Å²) in [4.78, 5) is 26.2. The van der Waals surface area contributed by atoms with Crippen LogP contribution in [-0.2, 0) is 11.3 Å². The number of nitrogens with one attached hydrogen (secondary N) is 1. The molecule has 4 rings (SSSR count). The van der Waals surface area contributed by atoms with Crippen molar-refractivity contribution in [3.63, 3.8) is 0 Å². The van der Waals surface area contributed by atoms with Gasteiger partial charge in [0.1, 0.15) is 0 Å². The molecule has 3 aromatic rings. The first-order chi connectivity index (χ1) is 11.7. The van der Waals surface area contributed by atoms with Gasteiger partial charge in [-0.15, -0.1) is 11.3 Å². The zero-order valence-corrected chi connectivity index (χ0v) is 13.7. The van der Waals surface area contributed by atoms with Crippen LogP contribution in [0, 0.1) is 0 Å². The quantitative estimate of drug-likeness (QED) is 0.730. The summed E-state index contributed by atoms with van der Waals surface area (Å²) in [6, 6.07) is 12.9. The van der Waals surface area contributed by atoms with E-state index in [9.17, 15) is 9.59 Å². The molecule has 0 fully saturated rings. The topological polar surface area (TPSA) is 60.3 Å². The summed E-state index contributed by atoms with van der Waals surface area (Å²) >= 11 is 1.51. The Morgan fingerprint density at radius 3 is 2.79 bits per heavy atom. The van der Waals surface area contributed by atoms with Gasteiger partial charge in [0, 0.05) is 5.56 Å². The maximum absolute atomic E-state index is 13.0. The molecule has 1 aromatic carbocycles. The van der Waals surface area contributed by atoms with Crippen LogP contribution < -0.4 is 11.0 Å². The zero-order valence-electron chi connectivity index (χ0n) is 12.9. The lowest BCUT2D eigenvalue weighted by Gasteiger charge is -2.23. The first-order valence-electron chi connectivity index (χ1n) is 7.45. The van der Waals surface area contributed by atoms with E-state index in [4.69, 9.17) is 4.74 Å². The molecule has 2 aromatic heterocycles. The van der Waals surface area contributed by atoms with Gasteiger partial charge in [-0.2, -0.15) is 0 Å². The molecule has 6 heteroatoms. The lowest BCUT2D eigenvalue weighted by molar-refractivity contribution is 0.0601. The molecule has 0 spiro atoms. The minimum absolute atomic E-state index is 0.178. The van der Waals surface area contributed by atoms with E-state index in [-0.39, 0.29) is 5.56 Å². The zero-order chi connectivity index (χ0) is 16.7. The average molecular weight is 338 g/mol. The normalized spacial score (nSPS) is 12.0. The fourth-order valence-corrected chi connectivity index (χ4v) is 3.90. The van der Waals surface area contributed by atoms with Gasteiger partial charge in [-0.25, -0.2) is 9.47 Å². The fourth-order valence-electron chi connectivity index (χ4n) is 2.93. The minimum atomic E-state index is -0.459. The molecule has 0 radical (unpaired) electrons. The first-order valence-corrected chi connectivity index (χ1v) is 8.33. The van der Waals surface area contributed by atoms with Crippen molar-refractivity contribution >= 4 is 17.3 Å². The highest BCUT2D eigenvalue weighted by Gasteiger charge is 2.27. The number of carbonyl (C=O) groups excluding carboxylic acids is 1. The summed E-state index contributed by atoms with van der Waals surface area (Å²) in [6.45, 7) is 0.546. The maximum atomic E-state index is 13.0. The number of hydrogen-bond acceptors (Lipinski definition) is 5. The van der Waals surface area contributed by atoms with Crippen LogP contribution in [-0.4, -0.2) is 17.8 Å². The second-order valence-electron chi connectivity index (χ2n) is 5.43. The van der Waals surface area contributed by atoms with E-state index in [0.29, 0.717) is 23.4 Å². The third-order valence-corrected chi connectivity index (χ3v) is 5.04. The molecule has 0 saturated heterocycles. The largest absolute Gasteiger partial charge is 0.465 e. The second-order valence-corrected chi connectivity index (χ2v) is 6.34. The van der Waals surface area contributed by atoms with E-state index in [1.807, 2.05) is 41.8 Å². The lowest BCUT2D eigenvalue weighted by atomic mass is 10.0. The van der Waals surface area contributed by atoms with Crippen LogP contribution in [0.1, 0.15) is 15.9 Å². The van der Waals surface area contributed by atoms with E-state index in [1.54, 1.807) is 6.07 Å². The van der Waals surface area contributed by atoms with Crippen molar-refractivity contribution in [2.45, 2.75) is 6.54 Å². The summed E-state index contributed by atoms with van der Waals surface area (Å²) in [7, 11) is 1.35. The Balaban J connectivity index is 2.06. The van der Waals surface area contributed by atoms with Gasteiger partial charge in [0.15, 0.2) is 0 Å². The van der Waals surface area contributed by atoms with Gasteiger partial charge >= 0.3 is 5.97 Å². The summed E-state index contributed by atoms with van der Waals surface area (Å²) in [5.41, 5.74) is 6.18. The number of thiophene rings is 1. The van der Waals surface area contributed by atoms with Crippen molar-refractivity contribution in [2.24, 2.45) is 0 Å². The van der Waals surface area contributed by atoms with Gasteiger partial charge < -0.3 is 10.2 Å². The van der Waals surface area contributed by atoms with Crippen LogP contribution in [0.5, 0.6) is 0 Å². The Labute approximate surface area is 142 Å². The molecular formula is C18H14N2O3S. The fraction of sp³-hybridized carbons (Fsp3) is 0.111. The number of nitrogens with zero attached hydrogens (tertiary/aromatic N) is 1. The van der Waals surface area contributed by atoms with Crippen LogP contribution >= 0.6 is 11.3 Å². The smallest absolute Gasteiger partial charge is 0.340 e. The lowest BCUT2D eigenvalue weighted by Crippen LogP contribution is -2.35. The number of methoxy groups -OCH3 is 1. The number of fused-ring (bicyclic) bond motifs is 3. The van der Waals surface area contributed by atoms with Crippen LogP contribution in [0.15, 0.2) is 52.6 Å². The predicted octanol–water partition coefficient (Wildman–Crippen LogP) is 3.09. The maximum Gasteiger partial charge on any atom is 0.340 e. The molecule has 24 heavy (non-hydrogen) atoms. The van der Waals surface area contributed by atoms with Crippen molar-refractivity contribution in [1.29, 1.82) is 0 Å². The molecule has 1 aliphatic heterocycles. The molecule has 3 heterocycles. The molecular weight excluding hydrogens is 324 g/mol. The first kappa shape index (κ1) is 14.7. The Morgan fingerprint density at radius 2 is 2.04 bits per heavy atom. The average Bonchev–Trinajstić information content (AvgIpc) is 3.11. The summed E-state index contributed by atoms with van der Waals surface area (Å²) in [6.07, 6.45) is 0. The Kier molecular flexibility index (Phi) is 3.46. The van der Waals surface area contributed by atoms with Crippen molar-refractivity contribution in [3.05, 3.63) is 69.3 Å². The van der Waals surface area contributed by atoms with Gasteiger partial charge in [0.25, 0.3) is 5.56 Å². The molecule has 1 aliphatic rings. The number of pyridine rings is 1. The third-order valence-electron chi connectivity index (χ3n) is 4.08. The number of ether oxygens (including phenoxy) is 1. The summed E-state index contributed by atoms with van der Waals surface area (Å²) < 4.78 is 6.41. The summed E-state index contributed by atoms with van der Waals surface area (Å²) in [5, 5.41) is 1.96. The number of esters is 1. The van der Waals surface area contributed by atoms with E-state index in [0.717, 1.165) is 16.0 Å². The summed E-state index contributed by atoms with van der Waals surface area (Å²) in [5.74, 6) is -0.459. The van der Waals surface area contributed by atoms with Crippen molar-refractivity contribution in [1.82, 2.24) is 4.68 Å². The van der Waals surface area contributed by atoms with E-state index < -0.39 is 5.97 Å². The van der Waals surface area contributed by atoms with Crippen molar-refractivity contribution in [3.8, 4) is 21.7 Å². The number of hydrogen-bond donors (Lipinski definition) is 1. The van der Waals surface area contributed by atoms with Crippen molar-refractivity contribution < 1.29 is 9.53 Å². The Morgan fingerprint density at radius 1 is 1.25 bits per heavy atom. The predicted molar refractivity (Wildman–Crippen MR) is 93.9 cm³/mol. The van der Waals surface area contributed by atoms with Crippen LogP contribution in [0.2, 0.25) is 0 Å². The molecule has 0 aliphatic carbocycles. The number of aromatic nitrogens is 1. The van der Waals surface area contributed by atoms with Crippen LogP contribution in [0.4, 0.5) is 0 Å². The van der Waals surface area contributed by atoms with Crippen molar-refractivity contribution in [2.75, 3.05) is 12.5 Å². The van der Waals surface area contributed by atoms with Gasteiger partial charge in [-0.1, -0.05) is 30.3 Å². The third kappa shape index (κ3) is 2.15. The van der Waals surface area contributed by atoms with E-state index in [1.165, 1.54) is 23.1 Å². The Bertz CT molecular complexity index is 989. The highest BCUT2D eigenvalue weighted by Crippen LogP contribution is 2.35. The highest BCUT2D eigenvalue weighted by molar-refractivity contribution is 7.13. The molecule has 1 N–H and O–H groups in total. The highest BCUT2D eigenvalue weighted by atomic mass is 32.1. The van der Waals surface area contributed by atoms with Crippen LogP contribution in [0.3, 0.4) is 0 Å². The van der Waals surface area contributed by atoms with Gasteiger partial charge in [-0.05, 0) is 28.6 Å². The monoisotopic (exact) mass is 338 g/mol. The SMILES string of the molecule is COC(=O)c1cc(-c2ccccc2)c(=O)n2c1-c1sccc1CN2. The van der Waals surface area contributed by atoms with Gasteiger partial charge in [0.05, 0.1) is 29.8 Å². The number of rotatable bonds is 2. The number of benzene rings is 1. The molecule has 120 valence electrons. The molecule has 0 amide bonds. The second kappa shape index (κ2) is 5.65. The molecule has 5 nitrogen and oxygen atoms in total. The minimum Gasteiger partial charge on any atom is -0.465 e. The molecule has 0 bridgehead atoms. The van der Waals surface area contributed by atoms with Gasteiger partial charge in [-0.3, -0.25) is 4.79 Å². The number of carbonyl (C=O) groups is 1. The van der Waals surface area contributed by atoms with E-state index in [2.05, 4.69) is 5.43 Å². The molecule has 0 unspecified atom stereocenters. The molecule has 0 atom stereocenters. The van der Waals surface area contributed by atoms with E-state index >= 15 is 0 Å². The molecule has 0 saturated carbocycles.